The third-order valence-electron chi connectivity index (χ3n) is 5.90. The minimum absolute atomic E-state index is 0.00362. The third kappa shape index (κ3) is 6.16. The molecule has 0 unspecified atom stereocenters. The van der Waals surface area contributed by atoms with E-state index < -0.39 is 0 Å². The molecule has 1 aliphatic rings. The topological polar surface area (TPSA) is 87.3 Å². The van der Waals surface area contributed by atoms with Crippen molar-refractivity contribution >= 4 is 22.5 Å². The molecule has 2 N–H and O–H groups in total. The van der Waals surface area contributed by atoms with Gasteiger partial charge in [0.15, 0.2) is 0 Å². The zero-order valence-corrected chi connectivity index (χ0v) is 20.3. The predicted molar refractivity (Wildman–Crippen MR) is 135 cm³/mol. The lowest BCUT2D eigenvalue weighted by atomic mass is 9.92. The molecule has 0 saturated carbocycles. The molecule has 180 valence electrons. The summed E-state index contributed by atoms with van der Waals surface area (Å²) in [4.78, 5) is 34.5. The first-order valence-electron chi connectivity index (χ1n) is 12.0. The summed E-state index contributed by atoms with van der Waals surface area (Å²) in [6.07, 6.45) is 3.20. The Morgan fingerprint density at radius 3 is 2.82 bits per heavy atom. The van der Waals surface area contributed by atoms with Crippen LogP contribution in [0.2, 0.25) is 0 Å². The summed E-state index contributed by atoms with van der Waals surface area (Å²) in [5, 5.41) is 3.48. The number of aromatic amines is 1. The first-order valence-corrected chi connectivity index (χ1v) is 12.0. The molecule has 1 amide bonds. The number of benzene rings is 2. The highest BCUT2D eigenvalue weighted by Crippen LogP contribution is 2.28. The SMILES string of the molecule is CC(C)(C)CC(=O)NCCCCOc1ccc2nc(CN3CCc4ccccc43)[nH]c(=O)c2c1. The van der Waals surface area contributed by atoms with Crippen LogP contribution in [0, 0.1) is 5.41 Å². The van der Waals surface area contributed by atoms with Crippen LogP contribution in [0.3, 0.4) is 0 Å². The maximum Gasteiger partial charge on any atom is 0.258 e. The van der Waals surface area contributed by atoms with Crippen molar-refractivity contribution in [3.05, 3.63) is 64.2 Å². The second-order valence-corrected chi connectivity index (χ2v) is 10.1. The van der Waals surface area contributed by atoms with Crippen molar-refractivity contribution in [1.29, 1.82) is 0 Å². The Hall–Kier alpha value is -3.35. The molecule has 0 radical (unpaired) electrons. The summed E-state index contributed by atoms with van der Waals surface area (Å²) >= 11 is 0. The number of ether oxygens (including phenoxy) is 1. The average Bonchev–Trinajstić information content (AvgIpc) is 3.18. The number of nitrogens with one attached hydrogen (secondary N) is 2. The van der Waals surface area contributed by atoms with Gasteiger partial charge in [0.2, 0.25) is 5.91 Å². The van der Waals surface area contributed by atoms with Gasteiger partial charge in [-0.3, -0.25) is 9.59 Å². The first kappa shape index (κ1) is 23.8. The van der Waals surface area contributed by atoms with Gasteiger partial charge in [0.1, 0.15) is 11.6 Å². The van der Waals surface area contributed by atoms with Gasteiger partial charge in [-0.1, -0.05) is 39.0 Å². The molecule has 0 fully saturated rings. The van der Waals surface area contributed by atoms with Crippen LogP contribution in [0.1, 0.15) is 51.4 Å². The number of H-pyrrole nitrogens is 1. The number of amides is 1. The molecule has 2 heterocycles. The second kappa shape index (κ2) is 10.3. The van der Waals surface area contributed by atoms with Crippen molar-refractivity contribution < 1.29 is 9.53 Å². The molecule has 0 saturated heterocycles. The van der Waals surface area contributed by atoms with Crippen LogP contribution in [0.5, 0.6) is 5.75 Å². The number of aromatic nitrogens is 2. The van der Waals surface area contributed by atoms with E-state index in [0.29, 0.717) is 48.6 Å². The summed E-state index contributed by atoms with van der Waals surface area (Å²) < 4.78 is 5.83. The highest BCUT2D eigenvalue weighted by atomic mass is 16.5. The van der Waals surface area contributed by atoms with Crippen LogP contribution in [0.4, 0.5) is 5.69 Å². The van der Waals surface area contributed by atoms with E-state index in [-0.39, 0.29) is 16.9 Å². The number of fused-ring (bicyclic) bond motifs is 2. The second-order valence-electron chi connectivity index (χ2n) is 10.1. The van der Waals surface area contributed by atoms with E-state index >= 15 is 0 Å². The molecule has 1 aromatic heterocycles. The molecule has 1 aliphatic heterocycles. The number of para-hydroxylation sites is 1. The van der Waals surface area contributed by atoms with E-state index in [1.165, 1.54) is 11.3 Å². The Morgan fingerprint density at radius 2 is 2.00 bits per heavy atom. The van der Waals surface area contributed by atoms with Crippen LogP contribution in [0.15, 0.2) is 47.3 Å². The zero-order chi connectivity index (χ0) is 24.1. The molecular formula is C27H34N4O3. The molecular weight excluding hydrogens is 428 g/mol. The highest BCUT2D eigenvalue weighted by Gasteiger charge is 2.19. The third-order valence-corrected chi connectivity index (χ3v) is 5.90. The Kier molecular flexibility index (Phi) is 7.20. The minimum Gasteiger partial charge on any atom is -0.494 e. The number of unbranched alkanes of at least 4 members (excludes halogenated alkanes) is 1. The quantitative estimate of drug-likeness (QED) is 0.466. The van der Waals surface area contributed by atoms with Crippen molar-refractivity contribution in [1.82, 2.24) is 15.3 Å². The molecule has 3 aromatic rings. The molecule has 7 nitrogen and oxygen atoms in total. The van der Waals surface area contributed by atoms with E-state index in [4.69, 9.17) is 4.74 Å². The maximum atomic E-state index is 12.7. The largest absolute Gasteiger partial charge is 0.494 e. The van der Waals surface area contributed by atoms with Gasteiger partial charge >= 0.3 is 0 Å². The van der Waals surface area contributed by atoms with Crippen LogP contribution < -0.4 is 20.5 Å². The Labute approximate surface area is 200 Å². The van der Waals surface area contributed by atoms with Crippen molar-refractivity contribution in [2.45, 2.75) is 53.0 Å². The highest BCUT2D eigenvalue weighted by molar-refractivity contribution is 5.79. The molecule has 4 rings (SSSR count). The van der Waals surface area contributed by atoms with E-state index in [9.17, 15) is 9.59 Å². The molecule has 0 spiro atoms. The van der Waals surface area contributed by atoms with E-state index in [1.54, 1.807) is 6.07 Å². The van der Waals surface area contributed by atoms with E-state index in [2.05, 4.69) is 59.2 Å². The van der Waals surface area contributed by atoms with Crippen molar-refractivity contribution in [2.75, 3.05) is 24.6 Å². The summed E-state index contributed by atoms with van der Waals surface area (Å²) in [7, 11) is 0. The van der Waals surface area contributed by atoms with Gasteiger partial charge in [-0.15, -0.1) is 0 Å². The number of anilines is 1. The standard InChI is InChI=1S/C27H34N4O3/c1-27(2,3)17-25(32)28-13-6-7-15-34-20-10-11-22-21(16-20)26(33)30-24(29-22)18-31-14-12-19-8-4-5-9-23(19)31/h4-5,8-11,16H,6-7,12-15,17-18H2,1-3H3,(H,28,32)(H,29,30,33). The average molecular weight is 463 g/mol. The molecule has 0 bridgehead atoms. The van der Waals surface area contributed by atoms with Crippen LogP contribution in [0.25, 0.3) is 10.9 Å². The zero-order valence-electron chi connectivity index (χ0n) is 20.3. The fourth-order valence-corrected chi connectivity index (χ4v) is 4.27. The van der Waals surface area contributed by atoms with E-state index in [1.807, 2.05) is 18.2 Å². The molecule has 0 aliphatic carbocycles. The minimum atomic E-state index is -0.153. The van der Waals surface area contributed by atoms with Crippen molar-refractivity contribution in [3.63, 3.8) is 0 Å². The van der Waals surface area contributed by atoms with Gasteiger partial charge in [-0.05, 0) is 54.5 Å². The fourth-order valence-electron chi connectivity index (χ4n) is 4.27. The Morgan fingerprint density at radius 1 is 1.18 bits per heavy atom. The monoisotopic (exact) mass is 462 g/mol. The Balaban J connectivity index is 1.29. The maximum absolute atomic E-state index is 12.7. The molecule has 7 heteroatoms. The molecule has 34 heavy (non-hydrogen) atoms. The van der Waals surface area contributed by atoms with Gasteiger partial charge in [0, 0.05) is 25.2 Å². The summed E-state index contributed by atoms with van der Waals surface area (Å²) in [6.45, 7) is 8.83. The first-order chi connectivity index (χ1) is 16.3. The van der Waals surface area contributed by atoms with Crippen LogP contribution in [-0.4, -0.2) is 35.6 Å². The number of nitrogens with zero attached hydrogens (tertiary/aromatic N) is 2. The van der Waals surface area contributed by atoms with Gasteiger partial charge in [-0.25, -0.2) is 4.98 Å². The predicted octanol–water partition coefficient (Wildman–Crippen LogP) is 4.20. The molecule has 2 aromatic carbocycles. The van der Waals surface area contributed by atoms with Gasteiger partial charge < -0.3 is 19.9 Å². The number of hydrogen-bond donors (Lipinski definition) is 2. The van der Waals surface area contributed by atoms with Gasteiger partial charge in [0.05, 0.1) is 24.1 Å². The number of carbonyl (C=O) groups is 1. The summed E-state index contributed by atoms with van der Waals surface area (Å²) in [5.41, 5.74) is 3.05. The van der Waals surface area contributed by atoms with Crippen molar-refractivity contribution in [2.24, 2.45) is 5.41 Å². The lowest BCUT2D eigenvalue weighted by Gasteiger charge is -2.18. The normalized spacial score (nSPS) is 13.2. The fraction of sp³-hybridized carbons (Fsp3) is 0.444. The lowest BCUT2D eigenvalue weighted by Crippen LogP contribution is -2.28. The van der Waals surface area contributed by atoms with Crippen LogP contribution >= 0.6 is 0 Å². The van der Waals surface area contributed by atoms with Gasteiger partial charge in [-0.2, -0.15) is 0 Å². The summed E-state index contributed by atoms with van der Waals surface area (Å²) in [5.74, 6) is 1.40. The lowest BCUT2D eigenvalue weighted by molar-refractivity contribution is -0.122. The molecule has 0 atom stereocenters. The number of hydrogen-bond acceptors (Lipinski definition) is 5. The number of rotatable bonds is 9. The van der Waals surface area contributed by atoms with Crippen molar-refractivity contribution in [3.8, 4) is 5.75 Å². The summed E-state index contributed by atoms with van der Waals surface area (Å²) in [6, 6.07) is 13.8. The smallest absolute Gasteiger partial charge is 0.258 e. The number of carbonyl (C=O) groups excluding carboxylic acids is 1. The van der Waals surface area contributed by atoms with Crippen LogP contribution in [-0.2, 0) is 17.8 Å². The van der Waals surface area contributed by atoms with E-state index in [0.717, 1.165) is 25.8 Å². The Bertz CT molecular complexity index is 1210. The van der Waals surface area contributed by atoms with Gasteiger partial charge in [0.25, 0.3) is 5.56 Å².